The van der Waals surface area contributed by atoms with E-state index in [0.29, 0.717) is 0 Å². The van der Waals surface area contributed by atoms with Gasteiger partial charge in [0.1, 0.15) is 11.4 Å². The van der Waals surface area contributed by atoms with Gasteiger partial charge in [0.25, 0.3) is 0 Å². The molecule has 1 aromatic rings. The first-order chi connectivity index (χ1) is 6.37. The van der Waals surface area contributed by atoms with Crippen molar-refractivity contribution in [1.29, 1.82) is 0 Å². The van der Waals surface area contributed by atoms with Gasteiger partial charge in [-0.1, -0.05) is 0 Å². The molecule has 14 heavy (non-hydrogen) atoms. The van der Waals surface area contributed by atoms with Crippen LogP contribution in [0.2, 0.25) is 0 Å². The molecule has 0 saturated heterocycles. The highest BCUT2D eigenvalue weighted by Gasteiger charge is 2.27. The van der Waals surface area contributed by atoms with Gasteiger partial charge in [-0.15, -0.1) is 0 Å². The Bertz CT molecular complexity index is 384. The highest BCUT2D eigenvalue weighted by atomic mass is 19.2. The van der Waals surface area contributed by atoms with Gasteiger partial charge in [0.05, 0.1) is 0 Å². The maximum atomic E-state index is 12.8. The Balaban J connectivity index is 3.68. The quantitative estimate of drug-likeness (QED) is 0.301. The number of benzene rings is 1. The molecule has 1 rings (SSSR count). The minimum atomic E-state index is -2.48. The van der Waals surface area contributed by atoms with Crippen LogP contribution in [0.25, 0.3) is 0 Å². The molecule has 0 radical (unpaired) electrons. The van der Waals surface area contributed by atoms with Crippen LogP contribution in [0.5, 0.6) is 0 Å². The molecule has 0 aromatic heterocycles. The standard InChI is InChI=1S/C8H3F5O/c1-2-4(9)3(8(13)14)6(11)7(12)5(2)10/h1H3. The Labute approximate surface area is 75.2 Å². The number of hydrogen-bond acceptors (Lipinski definition) is 1. The summed E-state index contributed by atoms with van der Waals surface area (Å²) >= 11 is 0. The van der Waals surface area contributed by atoms with E-state index in [1.54, 1.807) is 0 Å². The van der Waals surface area contributed by atoms with E-state index in [0.717, 1.165) is 6.92 Å². The Hall–Kier alpha value is -1.46. The minimum Gasteiger partial charge on any atom is -0.255 e. The Morgan fingerprint density at radius 1 is 0.929 bits per heavy atom. The van der Waals surface area contributed by atoms with Crippen LogP contribution in [-0.2, 0) is 0 Å². The summed E-state index contributed by atoms with van der Waals surface area (Å²) in [4.78, 5) is 10.1. The molecule has 0 N–H and O–H groups in total. The zero-order chi connectivity index (χ0) is 11.0. The predicted molar refractivity (Wildman–Crippen MR) is 36.4 cm³/mol. The van der Waals surface area contributed by atoms with Crippen molar-refractivity contribution in [2.24, 2.45) is 0 Å². The second-order valence-electron chi connectivity index (χ2n) is 2.53. The predicted octanol–water partition coefficient (Wildman–Crippen LogP) is 2.66. The average Bonchev–Trinajstić information content (AvgIpc) is 2.11. The molecule has 1 nitrogen and oxygen atoms in total. The lowest BCUT2D eigenvalue weighted by molar-refractivity contribution is 0.0824. The fraction of sp³-hybridized carbons (Fsp3) is 0.125. The van der Waals surface area contributed by atoms with Crippen molar-refractivity contribution in [3.05, 3.63) is 34.4 Å². The Morgan fingerprint density at radius 2 is 1.43 bits per heavy atom. The second-order valence-corrected chi connectivity index (χ2v) is 2.53. The van der Waals surface area contributed by atoms with Crippen molar-refractivity contribution in [2.75, 3.05) is 0 Å². The smallest absolute Gasteiger partial charge is 0.255 e. The third-order valence-electron chi connectivity index (χ3n) is 1.68. The summed E-state index contributed by atoms with van der Waals surface area (Å²) in [7, 11) is 0. The monoisotopic (exact) mass is 210 g/mol. The van der Waals surface area contributed by atoms with Gasteiger partial charge < -0.3 is 0 Å². The van der Waals surface area contributed by atoms with Crippen LogP contribution in [0.3, 0.4) is 0 Å². The SMILES string of the molecule is Cc1c(F)c(F)c(F)c(C(=O)F)c1F. The molecule has 0 spiro atoms. The molecule has 0 aliphatic carbocycles. The molecule has 0 aliphatic rings. The first-order valence-electron chi connectivity index (χ1n) is 3.40. The summed E-state index contributed by atoms with van der Waals surface area (Å²) in [6.45, 7) is 0.764. The number of carbonyl (C=O) groups is 1. The van der Waals surface area contributed by atoms with Crippen molar-refractivity contribution in [2.45, 2.75) is 6.92 Å². The van der Waals surface area contributed by atoms with Crippen molar-refractivity contribution in [3.8, 4) is 0 Å². The van der Waals surface area contributed by atoms with Crippen LogP contribution >= 0.6 is 0 Å². The molecular formula is C8H3F5O. The normalized spacial score (nSPS) is 10.4. The Kier molecular flexibility index (Phi) is 2.55. The number of rotatable bonds is 1. The van der Waals surface area contributed by atoms with Crippen LogP contribution < -0.4 is 0 Å². The summed E-state index contributed by atoms with van der Waals surface area (Å²) < 4.78 is 62.7. The van der Waals surface area contributed by atoms with E-state index in [1.165, 1.54) is 0 Å². The fourth-order valence-corrected chi connectivity index (χ4v) is 0.923. The third-order valence-corrected chi connectivity index (χ3v) is 1.68. The summed E-state index contributed by atoms with van der Waals surface area (Å²) in [5.74, 6) is -7.72. The molecule has 6 heteroatoms. The summed E-state index contributed by atoms with van der Waals surface area (Å²) in [5, 5.41) is 0. The highest BCUT2D eigenvalue weighted by Crippen LogP contribution is 2.23. The largest absolute Gasteiger partial charge is 0.338 e. The van der Waals surface area contributed by atoms with Crippen LogP contribution in [0.4, 0.5) is 22.0 Å². The van der Waals surface area contributed by atoms with Gasteiger partial charge >= 0.3 is 6.04 Å². The van der Waals surface area contributed by atoms with Crippen LogP contribution in [-0.4, -0.2) is 6.04 Å². The second kappa shape index (κ2) is 3.36. The van der Waals surface area contributed by atoms with E-state index in [4.69, 9.17) is 0 Å². The number of halogens is 5. The third kappa shape index (κ3) is 1.36. The summed E-state index contributed by atoms with van der Waals surface area (Å²) in [6, 6.07) is -2.48. The maximum Gasteiger partial charge on any atom is 0.338 e. The topological polar surface area (TPSA) is 17.1 Å². The highest BCUT2D eigenvalue weighted by molar-refractivity contribution is 5.89. The zero-order valence-electron chi connectivity index (χ0n) is 6.80. The lowest BCUT2D eigenvalue weighted by atomic mass is 10.1. The molecule has 0 atom stereocenters. The molecule has 0 fully saturated rings. The van der Waals surface area contributed by atoms with Gasteiger partial charge in [-0.25, -0.2) is 17.6 Å². The molecule has 0 unspecified atom stereocenters. The molecule has 0 bridgehead atoms. The van der Waals surface area contributed by atoms with Crippen molar-refractivity contribution >= 4 is 6.04 Å². The van der Waals surface area contributed by atoms with Crippen LogP contribution in [0, 0.1) is 30.2 Å². The average molecular weight is 210 g/mol. The molecule has 1 aromatic carbocycles. The van der Waals surface area contributed by atoms with E-state index < -0.39 is 40.4 Å². The van der Waals surface area contributed by atoms with Crippen LogP contribution in [0.15, 0.2) is 0 Å². The lowest BCUT2D eigenvalue weighted by Crippen LogP contribution is -2.08. The van der Waals surface area contributed by atoms with Crippen LogP contribution in [0.1, 0.15) is 15.9 Å². The summed E-state index contributed by atoms with van der Waals surface area (Å²) in [6.07, 6.45) is 0. The van der Waals surface area contributed by atoms with E-state index in [1.807, 2.05) is 0 Å². The first-order valence-corrected chi connectivity index (χ1v) is 3.40. The van der Waals surface area contributed by atoms with Crippen molar-refractivity contribution in [3.63, 3.8) is 0 Å². The number of hydrogen-bond donors (Lipinski definition) is 0. The fourth-order valence-electron chi connectivity index (χ4n) is 0.923. The van der Waals surface area contributed by atoms with Gasteiger partial charge in [-0.05, 0) is 6.92 Å². The molecule has 0 heterocycles. The zero-order valence-corrected chi connectivity index (χ0v) is 6.80. The van der Waals surface area contributed by atoms with E-state index in [2.05, 4.69) is 0 Å². The first kappa shape index (κ1) is 10.6. The van der Waals surface area contributed by atoms with Gasteiger partial charge in [0.15, 0.2) is 17.5 Å². The van der Waals surface area contributed by atoms with Gasteiger partial charge in [0.2, 0.25) is 0 Å². The molecule has 0 aliphatic heterocycles. The lowest BCUT2D eigenvalue weighted by Gasteiger charge is -2.04. The molecule has 76 valence electrons. The van der Waals surface area contributed by atoms with Gasteiger partial charge in [-0.3, -0.25) is 4.79 Å². The van der Waals surface area contributed by atoms with E-state index in [-0.39, 0.29) is 0 Å². The number of carbonyl (C=O) groups excluding carboxylic acids is 1. The molecule has 0 saturated carbocycles. The van der Waals surface area contributed by atoms with Gasteiger partial charge in [0, 0.05) is 5.56 Å². The summed E-state index contributed by atoms with van der Waals surface area (Å²) in [5.41, 5.74) is -2.65. The minimum absolute atomic E-state index is 0.764. The maximum absolute atomic E-state index is 12.8. The Morgan fingerprint density at radius 3 is 1.86 bits per heavy atom. The van der Waals surface area contributed by atoms with Gasteiger partial charge in [-0.2, -0.15) is 4.39 Å². The molecule has 0 amide bonds. The van der Waals surface area contributed by atoms with Crippen molar-refractivity contribution < 1.29 is 26.7 Å². The van der Waals surface area contributed by atoms with E-state index in [9.17, 15) is 26.7 Å². The van der Waals surface area contributed by atoms with Crippen molar-refractivity contribution in [1.82, 2.24) is 0 Å². The molecular weight excluding hydrogens is 207 g/mol. The van der Waals surface area contributed by atoms with E-state index >= 15 is 0 Å².